The Kier molecular flexibility index (Phi) is 5.54. The molecule has 1 aromatic heterocycles. The molecule has 0 saturated carbocycles. The van der Waals surface area contributed by atoms with Crippen molar-refractivity contribution in [2.75, 3.05) is 10.6 Å². The Bertz CT molecular complexity index is 1450. The Hall–Kier alpha value is -4.20. The number of carboxylic acids is 1. The molecule has 8 nitrogen and oxygen atoms in total. The highest BCUT2D eigenvalue weighted by Crippen LogP contribution is 2.46. The number of carbonyl (C=O) groups is 3. The second-order valence-corrected chi connectivity index (χ2v) is 10.4. The molecule has 0 saturated heterocycles. The summed E-state index contributed by atoms with van der Waals surface area (Å²) >= 11 is 0. The Balaban J connectivity index is 1.58. The number of anilines is 2. The topological polar surface area (TPSA) is 113 Å². The largest absolute Gasteiger partial charge is 0.478 e. The molecule has 0 spiro atoms. The zero-order chi connectivity index (χ0) is 25.8. The minimum absolute atomic E-state index is 0.0170. The quantitative estimate of drug-likeness (QED) is 0.474. The summed E-state index contributed by atoms with van der Waals surface area (Å²) in [4.78, 5) is 38.0. The smallest absolute Gasteiger partial charge is 0.335 e. The van der Waals surface area contributed by atoms with Crippen LogP contribution in [-0.4, -0.2) is 32.5 Å². The maximum Gasteiger partial charge on any atom is 0.335 e. The van der Waals surface area contributed by atoms with Gasteiger partial charge in [0, 0.05) is 23.4 Å². The van der Waals surface area contributed by atoms with E-state index in [-0.39, 0.29) is 22.7 Å². The maximum atomic E-state index is 13.3. The van der Waals surface area contributed by atoms with E-state index in [4.69, 9.17) is 0 Å². The highest BCUT2D eigenvalue weighted by Gasteiger charge is 2.42. The lowest BCUT2D eigenvalue weighted by atomic mass is 9.73. The van der Waals surface area contributed by atoms with Crippen LogP contribution in [0, 0.1) is 19.3 Å². The Morgan fingerprint density at radius 1 is 1.08 bits per heavy atom. The first-order chi connectivity index (χ1) is 17.0. The van der Waals surface area contributed by atoms with Gasteiger partial charge in [0.05, 0.1) is 11.8 Å². The average Bonchev–Trinajstić information content (AvgIpc) is 3.23. The van der Waals surface area contributed by atoms with Crippen LogP contribution in [0.2, 0.25) is 0 Å². The van der Waals surface area contributed by atoms with Crippen LogP contribution in [0.5, 0.6) is 0 Å². The first-order valence-electron chi connectivity index (χ1n) is 11.9. The number of hydrogen-bond acceptors (Lipinski definition) is 5. The lowest BCUT2D eigenvalue weighted by molar-refractivity contribution is -0.118. The monoisotopic (exact) mass is 484 g/mol. The van der Waals surface area contributed by atoms with Crippen molar-refractivity contribution in [2.45, 2.75) is 46.6 Å². The van der Waals surface area contributed by atoms with E-state index in [1.807, 2.05) is 45.9 Å². The summed E-state index contributed by atoms with van der Waals surface area (Å²) in [5.74, 6) is -0.805. The summed E-state index contributed by atoms with van der Waals surface area (Å²) in [5.41, 5.74) is 5.30. The van der Waals surface area contributed by atoms with Crippen molar-refractivity contribution in [3.8, 4) is 0 Å². The molecule has 3 N–H and O–H groups in total. The maximum absolute atomic E-state index is 13.3. The highest BCUT2D eigenvalue weighted by molar-refractivity contribution is 6.08. The number of amides is 1. The van der Waals surface area contributed by atoms with Gasteiger partial charge in [-0.1, -0.05) is 32.0 Å². The van der Waals surface area contributed by atoms with Gasteiger partial charge in [-0.05, 0) is 66.6 Å². The Morgan fingerprint density at radius 3 is 2.47 bits per heavy atom. The highest BCUT2D eigenvalue weighted by atomic mass is 16.4. The lowest BCUT2D eigenvalue weighted by Crippen LogP contribution is -2.37. The second kappa shape index (κ2) is 8.48. The zero-order valence-electron chi connectivity index (χ0n) is 20.7. The summed E-state index contributed by atoms with van der Waals surface area (Å²) in [7, 11) is 0. The van der Waals surface area contributed by atoms with Crippen molar-refractivity contribution in [3.05, 3.63) is 87.7 Å². The third-order valence-electron chi connectivity index (χ3n) is 6.99. The van der Waals surface area contributed by atoms with Gasteiger partial charge in [0.15, 0.2) is 5.78 Å². The van der Waals surface area contributed by atoms with Gasteiger partial charge in [-0.3, -0.25) is 9.59 Å². The van der Waals surface area contributed by atoms with Gasteiger partial charge in [0.1, 0.15) is 17.4 Å². The summed E-state index contributed by atoms with van der Waals surface area (Å²) < 4.78 is 1.65. The number of ketones is 1. The van der Waals surface area contributed by atoms with Crippen molar-refractivity contribution in [2.24, 2.45) is 5.41 Å². The predicted molar refractivity (Wildman–Crippen MR) is 136 cm³/mol. The molecule has 2 aliphatic rings. The van der Waals surface area contributed by atoms with Gasteiger partial charge in [0.25, 0.3) is 5.91 Å². The number of hydrogen-bond donors (Lipinski definition) is 3. The number of nitrogens with zero attached hydrogens (tertiary/aromatic N) is 2. The molecule has 0 bridgehead atoms. The van der Waals surface area contributed by atoms with E-state index in [0.29, 0.717) is 35.5 Å². The molecule has 1 amide bonds. The number of rotatable bonds is 4. The van der Waals surface area contributed by atoms with Crippen molar-refractivity contribution >= 4 is 29.2 Å². The fourth-order valence-corrected chi connectivity index (χ4v) is 5.01. The zero-order valence-corrected chi connectivity index (χ0v) is 20.7. The normalized spacial score (nSPS) is 18.2. The van der Waals surface area contributed by atoms with Gasteiger partial charge in [-0.15, -0.1) is 0 Å². The average molecular weight is 485 g/mol. The number of Topliss-reactive ketones (excluding diaryl/α,β-unsaturated/α-hetero) is 1. The van der Waals surface area contributed by atoms with Crippen LogP contribution in [0.15, 0.2) is 59.9 Å². The number of aromatic carboxylic acids is 1. The molecule has 2 heterocycles. The standard InChI is InChI=1S/C28H28N4O4/c1-15-5-10-19(11-16(15)2)30-26(34)20-14-29-32-24(17-6-8-18(9-7-17)27(35)36)23-21(31-25(20)32)12-28(3,4)13-22(23)33/h5-11,14,24,31H,12-13H2,1-4H3,(H,30,34)(H,35,36). The van der Waals surface area contributed by atoms with Gasteiger partial charge < -0.3 is 15.7 Å². The molecular weight excluding hydrogens is 456 g/mol. The predicted octanol–water partition coefficient (Wildman–Crippen LogP) is 5.11. The molecule has 0 radical (unpaired) electrons. The van der Waals surface area contributed by atoms with Crippen molar-refractivity contribution in [3.63, 3.8) is 0 Å². The van der Waals surface area contributed by atoms with Crippen molar-refractivity contribution in [1.82, 2.24) is 9.78 Å². The summed E-state index contributed by atoms with van der Waals surface area (Å²) in [6.07, 6.45) is 2.54. The Morgan fingerprint density at radius 2 is 1.81 bits per heavy atom. The molecule has 1 aliphatic heterocycles. The van der Waals surface area contributed by atoms with Gasteiger partial charge in [0.2, 0.25) is 0 Å². The van der Waals surface area contributed by atoms with Gasteiger partial charge >= 0.3 is 5.97 Å². The molecule has 3 aromatic rings. The van der Waals surface area contributed by atoms with Gasteiger partial charge in [-0.25, -0.2) is 9.48 Å². The number of nitrogens with one attached hydrogen (secondary N) is 2. The fourth-order valence-electron chi connectivity index (χ4n) is 5.01. The molecule has 36 heavy (non-hydrogen) atoms. The van der Waals surface area contributed by atoms with E-state index in [1.165, 1.54) is 18.3 Å². The van der Waals surface area contributed by atoms with E-state index < -0.39 is 12.0 Å². The van der Waals surface area contributed by atoms with Crippen LogP contribution in [0.3, 0.4) is 0 Å². The molecule has 184 valence electrons. The number of allylic oxidation sites excluding steroid dienone is 2. The van der Waals surface area contributed by atoms with Crippen LogP contribution in [0.25, 0.3) is 0 Å². The molecule has 5 rings (SSSR count). The van der Waals surface area contributed by atoms with Crippen molar-refractivity contribution in [1.29, 1.82) is 0 Å². The van der Waals surface area contributed by atoms with E-state index in [1.54, 1.807) is 16.8 Å². The molecular formula is C28H28N4O4. The van der Waals surface area contributed by atoms with Crippen molar-refractivity contribution < 1.29 is 19.5 Å². The minimum atomic E-state index is -1.02. The van der Waals surface area contributed by atoms with Crippen LogP contribution < -0.4 is 10.6 Å². The third-order valence-corrected chi connectivity index (χ3v) is 6.99. The van der Waals surface area contributed by atoms with Crippen LogP contribution in [-0.2, 0) is 4.79 Å². The number of aromatic nitrogens is 2. The second-order valence-electron chi connectivity index (χ2n) is 10.4. The number of carboxylic acid groups (broad SMARTS) is 1. The fraction of sp³-hybridized carbons (Fsp3) is 0.286. The number of fused-ring (bicyclic) bond motifs is 1. The summed E-state index contributed by atoms with van der Waals surface area (Å²) in [5, 5.41) is 20.1. The SMILES string of the molecule is Cc1ccc(NC(=O)c2cnn3c2NC2=C(C(=O)CC(C)(C)C2)C3c2ccc(C(=O)O)cc2)cc1C. The van der Waals surface area contributed by atoms with Crippen LogP contribution in [0.1, 0.15) is 70.1 Å². The summed E-state index contributed by atoms with van der Waals surface area (Å²) in [6, 6.07) is 11.6. The molecule has 1 atom stereocenters. The number of carbonyl (C=O) groups excluding carboxylic acids is 2. The van der Waals surface area contributed by atoms with Crippen LogP contribution in [0.4, 0.5) is 11.5 Å². The third kappa shape index (κ3) is 4.08. The molecule has 8 heteroatoms. The van der Waals surface area contributed by atoms with E-state index in [2.05, 4.69) is 15.7 Å². The van der Waals surface area contributed by atoms with E-state index >= 15 is 0 Å². The van der Waals surface area contributed by atoms with Crippen LogP contribution >= 0.6 is 0 Å². The minimum Gasteiger partial charge on any atom is -0.478 e. The number of benzene rings is 2. The molecule has 2 aromatic carbocycles. The lowest BCUT2D eigenvalue weighted by Gasteiger charge is -2.39. The molecule has 0 fully saturated rings. The first-order valence-corrected chi connectivity index (χ1v) is 11.9. The first kappa shape index (κ1) is 23.5. The summed E-state index contributed by atoms with van der Waals surface area (Å²) in [6.45, 7) is 8.10. The Labute approximate surface area is 209 Å². The van der Waals surface area contributed by atoms with E-state index in [0.717, 1.165) is 22.4 Å². The molecule has 1 unspecified atom stereocenters. The van der Waals surface area contributed by atoms with E-state index in [9.17, 15) is 19.5 Å². The number of aryl methyl sites for hydroxylation is 2. The molecule has 1 aliphatic carbocycles. The van der Waals surface area contributed by atoms with Gasteiger partial charge in [-0.2, -0.15) is 5.10 Å².